The lowest BCUT2D eigenvalue weighted by atomic mass is 9.98. The Morgan fingerprint density at radius 3 is 2.73 bits per heavy atom. The van der Waals surface area contributed by atoms with Gasteiger partial charge >= 0.3 is 6.18 Å². The molecule has 0 radical (unpaired) electrons. The number of hydrogen-bond acceptors (Lipinski definition) is 4. The quantitative estimate of drug-likeness (QED) is 0.570. The van der Waals surface area contributed by atoms with E-state index in [4.69, 9.17) is 0 Å². The second-order valence-electron chi connectivity index (χ2n) is 8.20. The van der Waals surface area contributed by atoms with Crippen LogP contribution in [0.5, 0.6) is 0 Å². The number of hydrogen-bond donors (Lipinski definition) is 0. The predicted molar refractivity (Wildman–Crippen MR) is 107 cm³/mol. The number of halogens is 3. The minimum absolute atomic E-state index is 0.0388. The van der Waals surface area contributed by atoms with Gasteiger partial charge in [-0.05, 0) is 49.1 Å². The summed E-state index contributed by atoms with van der Waals surface area (Å²) in [4.78, 5) is 19.8. The van der Waals surface area contributed by atoms with E-state index in [9.17, 15) is 18.0 Å². The minimum Gasteiger partial charge on any atom is -0.334 e. The zero-order valence-corrected chi connectivity index (χ0v) is 17.2. The third-order valence-electron chi connectivity index (χ3n) is 6.06. The van der Waals surface area contributed by atoms with Gasteiger partial charge in [0, 0.05) is 18.5 Å². The molecule has 158 valence electrons. The Hall–Kier alpha value is -2.42. The van der Waals surface area contributed by atoms with Crippen molar-refractivity contribution in [3.8, 4) is 10.6 Å². The maximum absolute atomic E-state index is 13.8. The van der Waals surface area contributed by atoms with Crippen molar-refractivity contribution < 1.29 is 18.0 Å². The average Bonchev–Trinajstić information content (AvgIpc) is 3.13. The van der Waals surface area contributed by atoms with Crippen LogP contribution in [0.25, 0.3) is 16.2 Å². The van der Waals surface area contributed by atoms with E-state index in [1.165, 1.54) is 11.3 Å². The Labute approximate surface area is 175 Å². The zero-order chi connectivity index (χ0) is 21.0. The molecule has 0 aromatic carbocycles. The standard InChI is InChI=1S/C21H21F3N4OS/c1-12-9-13(12)20(29)27-7-3-2-5-16(27)14-11-19-25-15(17-6-4-8-30-17)10-18(21(22,23)24)28(19)26-14/h4,6,8,10-13,16H,2-3,5,7,9H2,1H3/t12-,13+,16-/m1/s1. The summed E-state index contributed by atoms with van der Waals surface area (Å²) in [5, 5.41) is 6.11. The highest BCUT2D eigenvalue weighted by Crippen LogP contribution is 2.43. The van der Waals surface area contributed by atoms with Gasteiger partial charge in [0.15, 0.2) is 11.3 Å². The molecule has 0 unspecified atom stereocenters. The average molecular weight is 434 g/mol. The predicted octanol–water partition coefficient (Wildman–Crippen LogP) is 5.19. The van der Waals surface area contributed by atoms with Crippen molar-refractivity contribution in [1.82, 2.24) is 19.5 Å². The van der Waals surface area contributed by atoms with Gasteiger partial charge in [-0.25, -0.2) is 9.50 Å². The van der Waals surface area contributed by atoms with Crippen LogP contribution in [-0.4, -0.2) is 31.9 Å². The van der Waals surface area contributed by atoms with Crippen LogP contribution in [0.4, 0.5) is 13.2 Å². The SMILES string of the molecule is C[C@@H]1C[C@@H]1C(=O)N1CCCC[C@@H]1c1cc2nc(-c3cccs3)cc(C(F)(F)F)n2n1. The van der Waals surface area contributed by atoms with Crippen LogP contribution in [0.1, 0.15) is 50.0 Å². The number of likely N-dealkylation sites (tertiary alicyclic amines) is 1. The number of amides is 1. The van der Waals surface area contributed by atoms with Gasteiger partial charge in [-0.1, -0.05) is 13.0 Å². The Morgan fingerprint density at radius 2 is 2.07 bits per heavy atom. The van der Waals surface area contributed by atoms with E-state index in [1.807, 2.05) is 4.90 Å². The van der Waals surface area contributed by atoms with Crippen molar-refractivity contribution in [3.05, 3.63) is 41.0 Å². The van der Waals surface area contributed by atoms with Gasteiger partial charge < -0.3 is 4.90 Å². The van der Waals surface area contributed by atoms with E-state index in [1.54, 1.807) is 23.6 Å². The van der Waals surface area contributed by atoms with Gasteiger partial charge in [-0.2, -0.15) is 18.3 Å². The molecule has 1 aliphatic heterocycles. The number of rotatable bonds is 3. The van der Waals surface area contributed by atoms with E-state index in [2.05, 4.69) is 17.0 Å². The molecule has 9 heteroatoms. The van der Waals surface area contributed by atoms with Gasteiger partial charge in [0.05, 0.1) is 22.3 Å². The lowest BCUT2D eigenvalue weighted by molar-refractivity contribution is -0.143. The van der Waals surface area contributed by atoms with Gasteiger partial charge in [0.25, 0.3) is 0 Å². The van der Waals surface area contributed by atoms with E-state index < -0.39 is 11.9 Å². The molecule has 3 aromatic rings. The first kappa shape index (κ1) is 19.5. The summed E-state index contributed by atoms with van der Waals surface area (Å²) in [5.74, 6) is 0.525. The normalized spacial score (nSPS) is 24.4. The smallest absolute Gasteiger partial charge is 0.334 e. The number of alkyl halides is 3. The number of fused-ring (bicyclic) bond motifs is 1. The first-order valence-corrected chi connectivity index (χ1v) is 11.0. The van der Waals surface area contributed by atoms with Crippen molar-refractivity contribution in [2.45, 2.75) is 44.8 Å². The van der Waals surface area contributed by atoms with Crippen molar-refractivity contribution in [2.75, 3.05) is 6.54 Å². The molecule has 2 aliphatic rings. The molecule has 0 N–H and O–H groups in total. The van der Waals surface area contributed by atoms with Crippen molar-refractivity contribution in [2.24, 2.45) is 11.8 Å². The van der Waals surface area contributed by atoms with Gasteiger partial charge in [0.2, 0.25) is 5.91 Å². The van der Waals surface area contributed by atoms with Crippen molar-refractivity contribution in [1.29, 1.82) is 0 Å². The Kier molecular flexibility index (Phi) is 4.61. The molecule has 0 bridgehead atoms. The van der Waals surface area contributed by atoms with Crippen LogP contribution in [0.2, 0.25) is 0 Å². The molecule has 5 nitrogen and oxygen atoms in total. The zero-order valence-electron chi connectivity index (χ0n) is 16.4. The van der Waals surface area contributed by atoms with E-state index in [0.717, 1.165) is 29.8 Å². The molecular weight excluding hydrogens is 413 g/mol. The first-order chi connectivity index (χ1) is 14.3. The van der Waals surface area contributed by atoms with Crippen LogP contribution in [-0.2, 0) is 11.0 Å². The highest BCUT2D eigenvalue weighted by Gasteiger charge is 2.44. The number of carbonyl (C=O) groups is 1. The highest BCUT2D eigenvalue weighted by atomic mass is 32.1. The summed E-state index contributed by atoms with van der Waals surface area (Å²) in [6, 6.07) is 5.89. The van der Waals surface area contributed by atoms with Crippen molar-refractivity contribution in [3.63, 3.8) is 0 Å². The molecule has 4 heterocycles. The largest absolute Gasteiger partial charge is 0.433 e. The number of nitrogens with zero attached hydrogens (tertiary/aromatic N) is 4. The van der Waals surface area contributed by atoms with E-state index in [-0.39, 0.29) is 29.2 Å². The van der Waals surface area contributed by atoms with Gasteiger partial charge in [-0.15, -0.1) is 11.3 Å². The fraction of sp³-hybridized carbons (Fsp3) is 0.476. The van der Waals surface area contributed by atoms with Crippen LogP contribution in [0.15, 0.2) is 29.6 Å². The summed E-state index contributed by atoms with van der Waals surface area (Å²) in [6.45, 7) is 2.68. The summed E-state index contributed by atoms with van der Waals surface area (Å²) in [5.41, 5.74) is 0.0602. The van der Waals surface area contributed by atoms with Gasteiger partial charge in [-0.3, -0.25) is 4.79 Å². The molecule has 1 saturated carbocycles. The fourth-order valence-corrected chi connectivity index (χ4v) is 4.98. The summed E-state index contributed by atoms with van der Waals surface area (Å²) in [6.07, 6.45) is -1.15. The second kappa shape index (κ2) is 7.08. The third-order valence-corrected chi connectivity index (χ3v) is 6.96. The summed E-state index contributed by atoms with van der Waals surface area (Å²) in [7, 11) is 0. The lowest BCUT2D eigenvalue weighted by Crippen LogP contribution is -2.39. The fourth-order valence-electron chi connectivity index (χ4n) is 4.29. The second-order valence-corrected chi connectivity index (χ2v) is 9.15. The molecule has 30 heavy (non-hydrogen) atoms. The number of piperidine rings is 1. The maximum atomic E-state index is 13.8. The molecule has 1 amide bonds. The maximum Gasteiger partial charge on any atom is 0.433 e. The van der Waals surface area contributed by atoms with Crippen LogP contribution < -0.4 is 0 Å². The van der Waals surface area contributed by atoms with Gasteiger partial charge in [0.1, 0.15) is 0 Å². The Morgan fingerprint density at radius 1 is 1.27 bits per heavy atom. The first-order valence-electron chi connectivity index (χ1n) is 10.1. The molecular formula is C21H21F3N4OS. The highest BCUT2D eigenvalue weighted by molar-refractivity contribution is 7.13. The van der Waals surface area contributed by atoms with E-state index in [0.29, 0.717) is 29.5 Å². The monoisotopic (exact) mass is 434 g/mol. The van der Waals surface area contributed by atoms with E-state index >= 15 is 0 Å². The third kappa shape index (κ3) is 3.38. The van der Waals surface area contributed by atoms with Crippen LogP contribution >= 0.6 is 11.3 Å². The Balaban J connectivity index is 1.59. The number of carbonyl (C=O) groups excluding carboxylic acids is 1. The molecule has 5 rings (SSSR count). The molecule has 1 saturated heterocycles. The number of thiophene rings is 1. The molecule has 1 aliphatic carbocycles. The molecule has 3 atom stereocenters. The van der Waals surface area contributed by atoms with Crippen LogP contribution in [0.3, 0.4) is 0 Å². The Bertz CT molecular complexity index is 1090. The molecule has 0 spiro atoms. The summed E-state index contributed by atoms with van der Waals surface area (Å²) >= 11 is 1.34. The van der Waals surface area contributed by atoms with Crippen molar-refractivity contribution >= 4 is 22.9 Å². The topological polar surface area (TPSA) is 50.5 Å². The molecule has 3 aromatic heterocycles. The minimum atomic E-state index is -4.57. The lowest BCUT2D eigenvalue weighted by Gasteiger charge is -2.35. The number of aromatic nitrogens is 3. The molecule has 2 fully saturated rings. The summed E-state index contributed by atoms with van der Waals surface area (Å²) < 4.78 is 42.3. The van der Waals surface area contributed by atoms with Crippen LogP contribution in [0, 0.1) is 11.8 Å².